The van der Waals surface area contributed by atoms with Gasteiger partial charge in [-0.15, -0.1) is 11.3 Å². The zero-order chi connectivity index (χ0) is 37.0. The molecule has 0 radical (unpaired) electrons. The minimum absolute atomic E-state index is 0.00820. The first kappa shape index (κ1) is 32.3. The number of hydrogen-bond donors (Lipinski definition) is 1. The predicted molar refractivity (Wildman–Crippen MR) is 231 cm³/mol. The minimum Gasteiger partial charge on any atom is -0.373 e. The molecule has 11 rings (SSSR count). The fraction of sp³-hybridized carbons (Fsp3) is 0.0200. The van der Waals surface area contributed by atoms with Gasteiger partial charge in [-0.2, -0.15) is 0 Å². The molecular weight excluding hydrogens is 703 g/mol. The molecule has 0 saturated heterocycles. The van der Waals surface area contributed by atoms with Crippen LogP contribution in [0.5, 0.6) is 0 Å². The number of thiophene rings is 1. The lowest BCUT2D eigenvalue weighted by atomic mass is 9.91. The molecule has 1 aliphatic rings. The second-order valence-electron chi connectivity index (χ2n) is 14.1. The topological polar surface area (TPSA) is 55.6 Å². The molecule has 3 aromatic heterocycles. The molecule has 0 aliphatic carbocycles. The van der Waals surface area contributed by atoms with Gasteiger partial charge < -0.3 is 9.88 Å². The quantitative estimate of drug-likeness (QED) is 0.185. The molecule has 0 bridgehead atoms. The maximum Gasteiger partial charge on any atom is 0.164 e. The van der Waals surface area contributed by atoms with Crippen molar-refractivity contribution < 1.29 is 0 Å². The Hall–Kier alpha value is -7.15. The van der Waals surface area contributed by atoms with E-state index in [2.05, 4.69) is 137 Å². The predicted octanol–water partition coefficient (Wildman–Crippen LogP) is 12.9. The van der Waals surface area contributed by atoms with Crippen molar-refractivity contribution in [3.05, 3.63) is 199 Å². The Kier molecular flexibility index (Phi) is 7.67. The molecule has 0 spiro atoms. The summed E-state index contributed by atoms with van der Waals surface area (Å²) in [6, 6.07) is 66.0. The van der Waals surface area contributed by atoms with Gasteiger partial charge in [0.15, 0.2) is 17.5 Å². The van der Waals surface area contributed by atoms with Gasteiger partial charge >= 0.3 is 0 Å². The third-order valence-corrected chi connectivity index (χ3v) is 12.0. The normalized spacial score (nSPS) is 13.3. The summed E-state index contributed by atoms with van der Waals surface area (Å²) in [7, 11) is 0. The minimum atomic E-state index is 0.00820. The first-order chi connectivity index (χ1) is 27.8. The Balaban J connectivity index is 1.03. The Bertz CT molecular complexity index is 2980. The van der Waals surface area contributed by atoms with Gasteiger partial charge in [0.1, 0.15) is 0 Å². The zero-order valence-corrected chi connectivity index (χ0v) is 31.0. The molecule has 10 aromatic rings. The molecule has 4 heterocycles. The average Bonchev–Trinajstić information content (AvgIpc) is 3.82. The van der Waals surface area contributed by atoms with Crippen molar-refractivity contribution in [2.45, 2.75) is 6.04 Å². The third-order valence-electron chi connectivity index (χ3n) is 10.7. The highest BCUT2D eigenvalue weighted by molar-refractivity contribution is 7.23. The summed E-state index contributed by atoms with van der Waals surface area (Å²) in [6.45, 7) is 0. The van der Waals surface area contributed by atoms with Gasteiger partial charge in [0.25, 0.3) is 0 Å². The molecule has 1 aliphatic heterocycles. The third kappa shape index (κ3) is 5.42. The average molecular weight is 736 g/mol. The molecule has 264 valence electrons. The highest BCUT2D eigenvalue weighted by Crippen LogP contribution is 2.53. The number of anilines is 1. The summed E-state index contributed by atoms with van der Waals surface area (Å²) in [6.07, 6.45) is 0. The van der Waals surface area contributed by atoms with Crippen molar-refractivity contribution in [2.24, 2.45) is 0 Å². The maximum atomic E-state index is 4.95. The van der Waals surface area contributed by atoms with E-state index in [1.165, 1.54) is 48.4 Å². The van der Waals surface area contributed by atoms with Crippen molar-refractivity contribution in [1.82, 2.24) is 19.5 Å². The van der Waals surface area contributed by atoms with Crippen molar-refractivity contribution in [3.8, 4) is 61.4 Å². The number of rotatable bonds is 6. The second-order valence-corrected chi connectivity index (χ2v) is 15.1. The Morgan fingerprint density at radius 1 is 0.482 bits per heavy atom. The molecule has 0 saturated carbocycles. The van der Waals surface area contributed by atoms with Gasteiger partial charge in [-0.25, -0.2) is 15.0 Å². The van der Waals surface area contributed by atoms with Gasteiger partial charge in [0, 0.05) is 49.5 Å². The number of nitrogens with one attached hydrogen (secondary N) is 1. The molecule has 0 amide bonds. The lowest BCUT2D eigenvalue weighted by molar-refractivity contribution is 0.937. The SMILES string of the molecule is c1ccc(-c2nc(-c3ccccc3)nc(-c3ccc(-c4cccc(-n5c6ccccc6c6sc7c(c65)C(c5ccccc5)Nc5ccccc5-7)c4)cc3)n2)cc1. The molecule has 1 unspecified atom stereocenters. The molecule has 0 fully saturated rings. The number of hydrogen-bond acceptors (Lipinski definition) is 5. The standard InChI is InChI=1S/C50H33N5S/c1-4-15-33(16-5-1)44-43-45-47(56-46(43)39-23-10-12-25-41(39)51-44)40-24-11-13-26-42(40)55(45)38-22-14-21-37(31-38)32-27-29-36(30-28-32)50-53-48(34-17-6-2-7-18-34)52-49(54-50)35-19-8-3-9-20-35/h1-31,44,51H. The summed E-state index contributed by atoms with van der Waals surface area (Å²) in [4.78, 5) is 16.1. The van der Waals surface area contributed by atoms with E-state index >= 15 is 0 Å². The van der Waals surface area contributed by atoms with Crippen LogP contribution in [0.1, 0.15) is 17.2 Å². The summed E-state index contributed by atoms with van der Waals surface area (Å²) >= 11 is 1.91. The zero-order valence-electron chi connectivity index (χ0n) is 30.2. The van der Waals surface area contributed by atoms with E-state index < -0.39 is 0 Å². The summed E-state index contributed by atoms with van der Waals surface area (Å²) < 4.78 is 3.78. The monoisotopic (exact) mass is 735 g/mol. The number of aromatic nitrogens is 4. The summed E-state index contributed by atoms with van der Waals surface area (Å²) in [5.74, 6) is 1.95. The molecule has 56 heavy (non-hydrogen) atoms. The summed E-state index contributed by atoms with van der Waals surface area (Å²) in [5, 5.41) is 5.20. The van der Waals surface area contributed by atoms with Crippen LogP contribution in [0.4, 0.5) is 5.69 Å². The Morgan fingerprint density at radius 3 is 1.73 bits per heavy atom. The van der Waals surface area contributed by atoms with E-state index in [4.69, 9.17) is 15.0 Å². The number of para-hydroxylation sites is 2. The fourth-order valence-corrected chi connectivity index (χ4v) is 9.46. The van der Waals surface area contributed by atoms with Crippen LogP contribution in [0.3, 0.4) is 0 Å². The first-order valence-corrected chi connectivity index (χ1v) is 19.6. The first-order valence-electron chi connectivity index (χ1n) is 18.8. The lowest BCUT2D eigenvalue weighted by Crippen LogP contribution is -2.17. The van der Waals surface area contributed by atoms with Crippen LogP contribution in [-0.4, -0.2) is 19.5 Å². The Morgan fingerprint density at radius 2 is 1.04 bits per heavy atom. The van der Waals surface area contributed by atoms with E-state index in [-0.39, 0.29) is 6.04 Å². The second kappa shape index (κ2) is 13.3. The Labute approximate surface area is 328 Å². The smallest absolute Gasteiger partial charge is 0.164 e. The molecule has 1 atom stereocenters. The van der Waals surface area contributed by atoms with Crippen LogP contribution < -0.4 is 5.32 Å². The van der Waals surface area contributed by atoms with Crippen LogP contribution in [-0.2, 0) is 0 Å². The molecular formula is C50H33N5S. The van der Waals surface area contributed by atoms with Gasteiger partial charge in [0.2, 0.25) is 0 Å². The van der Waals surface area contributed by atoms with E-state index in [1.807, 2.05) is 72.0 Å². The van der Waals surface area contributed by atoms with Crippen LogP contribution in [0.2, 0.25) is 0 Å². The van der Waals surface area contributed by atoms with Crippen molar-refractivity contribution >= 4 is 38.1 Å². The largest absolute Gasteiger partial charge is 0.373 e. The molecule has 7 aromatic carbocycles. The van der Waals surface area contributed by atoms with Crippen LogP contribution >= 0.6 is 11.3 Å². The van der Waals surface area contributed by atoms with Crippen molar-refractivity contribution in [3.63, 3.8) is 0 Å². The van der Waals surface area contributed by atoms with E-state index in [9.17, 15) is 0 Å². The van der Waals surface area contributed by atoms with E-state index in [0.717, 1.165) is 33.5 Å². The van der Waals surface area contributed by atoms with Crippen LogP contribution in [0.15, 0.2) is 188 Å². The van der Waals surface area contributed by atoms with Crippen molar-refractivity contribution in [2.75, 3.05) is 5.32 Å². The molecule has 6 heteroatoms. The number of nitrogens with zero attached hydrogens (tertiary/aromatic N) is 4. The lowest BCUT2D eigenvalue weighted by Gasteiger charge is -2.28. The van der Waals surface area contributed by atoms with E-state index in [1.54, 1.807) is 0 Å². The molecule has 1 N–H and O–H groups in total. The van der Waals surface area contributed by atoms with E-state index in [0.29, 0.717) is 17.5 Å². The molecule has 5 nitrogen and oxygen atoms in total. The fourth-order valence-electron chi connectivity index (χ4n) is 8.06. The number of benzene rings is 7. The van der Waals surface area contributed by atoms with Gasteiger partial charge in [-0.1, -0.05) is 164 Å². The number of fused-ring (bicyclic) bond motifs is 7. The van der Waals surface area contributed by atoms with Gasteiger partial charge in [-0.05, 0) is 41.0 Å². The summed E-state index contributed by atoms with van der Waals surface area (Å²) in [5.41, 5.74) is 13.7. The van der Waals surface area contributed by atoms with Gasteiger partial charge in [0.05, 0.1) is 21.8 Å². The van der Waals surface area contributed by atoms with Gasteiger partial charge in [-0.3, -0.25) is 0 Å². The highest BCUT2D eigenvalue weighted by atomic mass is 32.1. The highest BCUT2D eigenvalue weighted by Gasteiger charge is 2.32. The van der Waals surface area contributed by atoms with Crippen molar-refractivity contribution in [1.29, 1.82) is 0 Å². The maximum absolute atomic E-state index is 4.95. The van der Waals surface area contributed by atoms with Crippen LogP contribution in [0.25, 0.3) is 82.5 Å². The van der Waals surface area contributed by atoms with Crippen LogP contribution in [0, 0.1) is 0 Å².